The molecule has 0 fully saturated rings. The third-order valence-electron chi connectivity index (χ3n) is 2.39. The van der Waals surface area contributed by atoms with Crippen LogP contribution in [0.15, 0.2) is 47.4 Å². The first kappa shape index (κ1) is 12.4. The number of benzene rings is 1. The fraction of sp³-hybridized carbons (Fsp3) is 0.0769. The number of nitrogens with one attached hydrogen (secondary N) is 2. The van der Waals surface area contributed by atoms with Crippen LogP contribution in [0.2, 0.25) is 5.02 Å². The zero-order chi connectivity index (χ0) is 13.0. The fourth-order valence-electron chi connectivity index (χ4n) is 1.48. The average molecular weight is 263 g/mol. The molecule has 1 heterocycles. The minimum absolute atomic E-state index is 0.235. The van der Waals surface area contributed by atoms with Crippen LogP contribution in [-0.2, 0) is 6.54 Å². The van der Waals surface area contributed by atoms with Crippen molar-refractivity contribution >= 4 is 17.5 Å². The van der Waals surface area contributed by atoms with E-state index in [1.54, 1.807) is 12.1 Å². The van der Waals surface area contributed by atoms with Gasteiger partial charge in [-0.15, -0.1) is 0 Å². The molecule has 4 nitrogen and oxygen atoms in total. The van der Waals surface area contributed by atoms with E-state index < -0.39 is 0 Å². The summed E-state index contributed by atoms with van der Waals surface area (Å²) in [5.74, 6) is -0.244. The molecule has 0 saturated heterocycles. The second-order valence-electron chi connectivity index (χ2n) is 3.75. The lowest BCUT2D eigenvalue weighted by molar-refractivity contribution is 0.0950. The van der Waals surface area contributed by atoms with Crippen LogP contribution >= 0.6 is 11.6 Å². The lowest BCUT2D eigenvalue weighted by Crippen LogP contribution is -2.23. The maximum absolute atomic E-state index is 11.7. The summed E-state index contributed by atoms with van der Waals surface area (Å²) in [5.41, 5.74) is 1.10. The van der Waals surface area contributed by atoms with Gasteiger partial charge in [-0.05, 0) is 23.8 Å². The average Bonchev–Trinajstić information content (AvgIpc) is 2.37. The molecule has 0 aliphatic heterocycles. The zero-order valence-electron chi connectivity index (χ0n) is 9.44. The van der Waals surface area contributed by atoms with E-state index >= 15 is 0 Å². The van der Waals surface area contributed by atoms with E-state index in [0.29, 0.717) is 17.1 Å². The van der Waals surface area contributed by atoms with Crippen molar-refractivity contribution in [2.75, 3.05) is 0 Å². The third kappa shape index (κ3) is 3.21. The Balaban J connectivity index is 2.00. The molecule has 92 valence electrons. The molecule has 0 unspecified atom stereocenters. The highest BCUT2D eigenvalue weighted by Crippen LogP contribution is 2.10. The van der Waals surface area contributed by atoms with Crippen LogP contribution in [0.25, 0.3) is 0 Å². The van der Waals surface area contributed by atoms with Gasteiger partial charge in [-0.1, -0.05) is 23.7 Å². The molecule has 0 aliphatic carbocycles. The van der Waals surface area contributed by atoms with Gasteiger partial charge < -0.3 is 10.3 Å². The monoisotopic (exact) mass is 262 g/mol. The molecule has 0 radical (unpaired) electrons. The Morgan fingerprint density at radius 1 is 1.28 bits per heavy atom. The highest BCUT2D eigenvalue weighted by atomic mass is 35.5. The summed E-state index contributed by atoms with van der Waals surface area (Å²) >= 11 is 5.84. The molecule has 2 aromatic rings. The van der Waals surface area contributed by atoms with Gasteiger partial charge in [0.05, 0.1) is 5.56 Å². The van der Waals surface area contributed by atoms with E-state index in [-0.39, 0.29) is 11.5 Å². The van der Waals surface area contributed by atoms with Crippen molar-refractivity contribution < 1.29 is 4.79 Å². The predicted octanol–water partition coefficient (Wildman–Crippen LogP) is 1.96. The Morgan fingerprint density at radius 3 is 2.78 bits per heavy atom. The van der Waals surface area contributed by atoms with Gasteiger partial charge in [-0.3, -0.25) is 9.59 Å². The van der Waals surface area contributed by atoms with E-state index in [2.05, 4.69) is 10.3 Å². The summed E-state index contributed by atoms with van der Waals surface area (Å²) in [6.45, 7) is 0.387. The van der Waals surface area contributed by atoms with E-state index in [9.17, 15) is 9.59 Å². The number of hydrogen-bond donors (Lipinski definition) is 2. The molecule has 1 amide bonds. The Labute approximate surface area is 109 Å². The van der Waals surface area contributed by atoms with Gasteiger partial charge in [0.1, 0.15) is 0 Å². The fourth-order valence-corrected chi connectivity index (χ4v) is 1.70. The Kier molecular flexibility index (Phi) is 3.79. The number of pyridine rings is 1. The Hall–Kier alpha value is -2.07. The van der Waals surface area contributed by atoms with Crippen molar-refractivity contribution in [3.8, 4) is 0 Å². The molecule has 0 spiro atoms. The van der Waals surface area contributed by atoms with Crippen molar-refractivity contribution in [2.45, 2.75) is 6.54 Å². The van der Waals surface area contributed by atoms with Gasteiger partial charge in [0, 0.05) is 23.8 Å². The summed E-state index contributed by atoms with van der Waals surface area (Å²) in [6.07, 6.45) is 1.38. The number of hydrogen-bond acceptors (Lipinski definition) is 2. The quantitative estimate of drug-likeness (QED) is 0.888. The lowest BCUT2D eigenvalue weighted by Gasteiger charge is -2.05. The largest absolute Gasteiger partial charge is 0.348 e. The molecule has 2 rings (SSSR count). The number of carbonyl (C=O) groups is 1. The molecular formula is C13H11ClN2O2. The maximum Gasteiger partial charge on any atom is 0.253 e. The first-order valence-corrected chi connectivity index (χ1v) is 5.74. The van der Waals surface area contributed by atoms with Gasteiger partial charge in [0.2, 0.25) is 5.56 Å². The minimum atomic E-state index is -0.244. The van der Waals surface area contributed by atoms with Crippen molar-refractivity contribution in [2.24, 2.45) is 0 Å². The summed E-state index contributed by atoms with van der Waals surface area (Å²) in [5, 5.41) is 3.37. The molecule has 0 saturated carbocycles. The first-order valence-electron chi connectivity index (χ1n) is 5.36. The second kappa shape index (κ2) is 5.51. The van der Waals surface area contributed by atoms with Crippen molar-refractivity contribution in [1.82, 2.24) is 10.3 Å². The van der Waals surface area contributed by atoms with E-state index in [0.717, 1.165) is 5.56 Å². The third-order valence-corrected chi connectivity index (χ3v) is 2.62. The zero-order valence-corrected chi connectivity index (χ0v) is 10.2. The number of H-pyrrole nitrogens is 1. The van der Waals surface area contributed by atoms with E-state index in [4.69, 9.17) is 11.6 Å². The smallest absolute Gasteiger partial charge is 0.253 e. The first-order chi connectivity index (χ1) is 8.65. The molecule has 0 atom stereocenters. The van der Waals surface area contributed by atoms with Gasteiger partial charge in [-0.2, -0.15) is 0 Å². The van der Waals surface area contributed by atoms with Crippen molar-refractivity contribution in [3.63, 3.8) is 0 Å². The van der Waals surface area contributed by atoms with Gasteiger partial charge in [-0.25, -0.2) is 0 Å². The number of aromatic nitrogens is 1. The van der Waals surface area contributed by atoms with Crippen molar-refractivity contribution in [3.05, 3.63) is 69.1 Å². The predicted molar refractivity (Wildman–Crippen MR) is 69.7 cm³/mol. The van der Waals surface area contributed by atoms with Crippen LogP contribution in [0, 0.1) is 0 Å². The van der Waals surface area contributed by atoms with E-state index in [1.165, 1.54) is 18.3 Å². The molecular weight excluding hydrogens is 252 g/mol. The molecule has 1 aromatic heterocycles. The molecule has 18 heavy (non-hydrogen) atoms. The van der Waals surface area contributed by atoms with Gasteiger partial charge in [0.15, 0.2) is 0 Å². The SMILES string of the molecule is O=C(NCc1cccc(Cl)c1)c1ccc(=O)[nH]c1. The molecule has 0 bridgehead atoms. The standard InChI is InChI=1S/C13H11ClN2O2/c14-11-3-1-2-9(6-11)7-16-13(18)10-4-5-12(17)15-8-10/h1-6,8H,7H2,(H,15,17)(H,16,18). The summed E-state index contributed by atoms with van der Waals surface area (Å²) in [6, 6.07) is 10.0. The van der Waals surface area contributed by atoms with Crippen LogP contribution in [0.5, 0.6) is 0 Å². The Morgan fingerprint density at radius 2 is 2.11 bits per heavy atom. The number of aromatic amines is 1. The summed E-state index contributed by atoms with van der Waals surface area (Å²) in [7, 11) is 0. The number of halogens is 1. The molecule has 5 heteroatoms. The highest BCUT2D eigenvalue weighted by Gasteiger charge is 2.04. The summed E-state index contributed by atoms with van der Waals surface area (Å²) in [4.78, 5) is 25.1. The number of carbonyl (C=O) groups excluding carboxylic acids is 1. The van der Waals surface area contributed by atoms with Crippen LogP contribution in [0.4, 0.5) is 0 Å². The molecule has 1 aromatic carbocycles. The molecule has 2 N–H and O–H groups in total. The normalized spacial score (nSPS) is 10.1. The topological polar surface area (TPSA) is 62.0 Å². The molecule has 0 aliphatic rings. The van der Waals surface area contributed by atoms with Gasteiger partial charge in [0.25, 0.3) is 5.91 Å². The van der Waals surface area contributed by atoms with Crippen LogP contribution in [0.1, 0.15) is 15.9 Å². The van der Waals surface area contributed by atoms with Gasteiger partial charge >= 0.3 is 0 Å². The minimum Gasteiger partial charge on any atom is -0.348 e. The lowest BCUT2D eigenvalue weighted by atomic mass is 10.2. The highest BCUT2D eigenvalue weighted by molar-refractivity contribution is 6.30. The van der Waals surface area contributed by atoms with Crippen LogP contribution in [-0.4, -0.2) is 10.9 Å². The summed E-state index contributed by atoms with van der Waals surface area (Å²) < 4.78 is 0. The Bertz CT molecular complexity index is 602. The van der Waals surface area contributed by atoms with Crippen LogP contribution < -0.4 is 10.9 Å². The second-order valence-corrected chi connectivity index (χ2v) is 4.19. The number of rotatable bonds is 3. The van der Waals surface area contributed by atoms with Crippen molar-refractivity contribution in [1.29, 1.82) is 0 Å². The van der Waals surface area contributed by atoms with Crippen LogP contribution in [0.3, 0.4) is 0 Å². The number of amides is 1. The maximum atomic E-state index is 11.7. The van der Waals surface area contributed by atoms with E-state index in [1.807, 2.05) is 12.1 Å².